The summed E-state index contributed by atoms with van der Waals surface area (Å²) < 4.78 is 5.35. The van der Waals surface area contributed by atoms with Gasteiger partial charge in [-0.2, -0.15) is 0 Å². The smallest absolute Gasteiger partial charge is 0.234 e. The van der Waals surface area contributed by atoms with Crippen LogP contribution in [-0.2, 0) is 9.53 Å². The quantitative estimate of drug-likeness (QED) is 0.770. The number of carbonyl (C=O) groups excluding carboxylic acids is 1. The monoisotopic (exact) mass is 249 g/mol. The van der Waals surface area contributed by atoms with E-state index in [0.29, 0.717) is 0 Å². The first kappa shape index (κ1) is 11.0. The van der Waals surface area contributed by atoms with Gasteiger partial charge in [0.15, 0.2) is 0 Å². The van der Waals surface area contributed by atoms with Crippen LogP contribution < -0.4 is 5.32 Å². The number of nitrogens with one attached hydrogen (secondary N) is 1. The fraction of sp³-hybridized carbons (Fsp3) is 0.889. The van der Waals surface area contributed by atoms with Crippen LogP contribution in [0.1, 0.15) is 26.7 Å². The van der Waals surface area contributed by atoms with Crippen LogP contribution in [0.5, 0.6) is 0 Å². The molecule has 3 unspecified atom stereocenters. The minimum Gasteiger partial charge on any atom is -0.376 e. The van der Waals surface area contributed by atoms with Gasteiger partial charge in [-0.15, -0.1) is 0 Å². The number of hydrogen-bond acceptors (Lipinski definition) is 2. The highest BCUT2D eigenvalue weighted by Crippen LogP contribution is 2.14. The van der Waals surface area contributed by atoms with Crippen molar-refractivity contribution < 1.29 is 9.53 Å². The van der Waals surface area contributed by atoms with E-state index in [4.69, 9.17) is 4.74 Å². The molecule has 4 heteroatoms. The molecule has 1 aliphatic heterocycles. The van der Waals surface area contributed by atoms with Crippen LogP contribution >= 0.6 is 15.9 Å². The van der Waals surface area contributed by atoms with Crippen molar-refractivity contribution in [3.63, 3.8) is 0 Å². The van der Waals surface area contributed by atoms with Crippen molar-refractivity contribution in [2.24, 2.45) is 0 Å². The molecule has 1 N–H and O–H groups in total. The molecule has 1 aliphatic rings. The minimum absolute atomic E-state index is 0.0692. The third kappa shape index (κ3) is 2.95. The van der Waals surface area contributed by atoms with E-state index in [1.54, 1.807) is 0 Å². The second-order valence-corrected chi connectivity index (χ2v) is 4.46. The lowest BCUT2D eigenvalue weighted by Gasteiger charge is -2.17. The highest BCUT2D eigenvalue weighted by atomic mass is 79.9. The zero-order valence-electron chi connectivity index (χ0n) is 8.05. The first-order valence-corrected chi connectivity index (χ1v) is 5.62. The van der Waals surface area contributed by atoms with Crippen LogP contribution in [0.3, 0.4) is 0 Å². The van der Waals surface area contributed by atoms with Crippen molar-refractivity contribution >= 4 is 21.8 Å². The maximum absolute atomic E-state index is 11.5. The molecule has 0 aromatic carbocycles. The number of carbonyl (C=O) groups is 1. The van der Waals surface area contributed by atoms with Crippen LogP contribution in [0.25, 0.3) is 0 Å². The van der Waals surface area contributed by atoms with E-state index in [1.165, 1.54) is 0 Å². The molecule has 0 radical (unpaired) electrons. The Labute approximate surface area is 87.3 Å². The maximum Gasteiger partial charge on any atom is 0.234 e. The molecule has 0 aliphatic carbocycles. The number of rotatable bonds is 3. The molecule has 1 amide bonds. The van der Waals surface area contributed by atoms with Gasteiger partial charge in [0.05, 0.1) is 17.0 Å². The fourth-order valence-corrected chi connectivity index (χ4v) is 1.51. The van der Waals surface area contributed by atoms with Gasteiger partial charge in [0, 0.05) is 6.61 Å². The molecule has 0 aromatic rings. The predicted octanol–water partition coefficient (Wildman–Crippen LogP) is 1.45. The molecule has 1 rings (SSSR count). The van der Waals surface area contributed by atoms with Crippen LogP contribution in [0.4, 0.5) is 0 Å². The summed E-state index contributed by atoms with van der Waals surface area (Å²) in [7, 11) is 0. The third-order valence-corrected chi connectivity index (χ3v) is 3.41. The van der Waals surface area contributed by atoms with E-state index in [-0.39, 0.29) is 22.9 Å². The summed E-state index contributed by atoms with van der Waals surface area (Å²) in [6.07, 6.45) is 1.89. The minimum atomic E-state index is -0.0692. The van der Waals surface area contributed by atoms with Gasteiger partial charge in [0.1, 0.15) is 0 Å². The molecule has 1 saturated heterocycles. The standard InChI is InChI=1S/C9H16BrNO2/c1-3-7(10)9(12)11-8-4-5-13-6(8)2/h6-8H,3-5H2,1-2H3,(H,11,12). The average molecular weight is 250 g/mol. The van der Waals surface area contributed by atoms with Crippen molar-refractivity contribution in [3.05, 3.63) is 0 Å². The number of ether oxygens (including phenoxy) is 1. The molecule has 3 nitrogen and oxygen atoms in total. The van der Waals surface area contributed by atoms with Crippen LogP contribution in [0.2, 0.25) is 0 Å². The molecule has 13 heavy (non-hydrogen) atoms. The summed E-state index contributed by atoms with van der Waals surface area (Å²) in [5.41, 5.74) is 0. The Morgan fingerprint density at radius 2 is 2.46 bits per heavy atom. The second-order valence-electron chi connectivity index (χ2n) is 3.36. The van der Waals surface area contributed by atoms with Gasteiger partial charge >= 0.3 is 0 Å². The topological polar surface area (TPSA) is 38.3 Å². The van der Waals surface area contributed by atoms with Crippen LogP contribution in [0, 0.1) is 0 Å². The normalized spacial score (nSPS) is 30.1. The average Bonchev–Trinajstić information content (AvgIpc) is 2.50. The second kappa shape index (κ2) is 4.96. The zero-order valence-corrected chi connectivity index (χ0v) is 9.63. The lowest BCUT2D eigenvalue weighted by Crippen LogP contribution is -2.42. The third-order valence-electron chi connectivity index (χ3n) is 2.35. The van der Waals surface area contributed by atoms with Gasteiger partial charge in [0.25, 0.3) is 0 Å². The van der Waals surface area contributed by atoms with Crippen molar-refractivity contribution in [2.75, 3.05) is 6.61 Å². The fourth-order valence-electron chi connectivity index (χ4n) is 1.38. The van der Waals surface area contributed by atoms with Gasteiger partial charge in [0.2, 0.25) is 5.91 Å². The molecule has 76 valence electrons. The van der Waals surface area contributed by atoms with Crippen LogP contribution in [0.15, 0.2) is 0 Å². The highest BCUT2D eigenvalue weighted by molar-refractivity contribution is 9.10. The van der Waals surface area contributed by atoms with Crippen molar-refractivity contribution in [1.82, 2.24) is 5.32 Å². The summed E-state index contributed by atoms with van der Waals surface area (Å²) in [6, 6.07) is 0.194. The summed E-state index contributed by atoms with van der Waals surface area (Å²) in [6.45, 7) is 4.73. The molecule has 0 spiro atoms. The lowest BCUT2D eigenvalue weighted by atomic mass is 10.1. The van der Waals surface area contributed by atoms with E-state index < -0.39 is 0 Å². The summed E-state index contributed by atoms with van der Waals surface area (Å²) in [4.78, 5) is 11.4. The SMILES string of the molecule is CCC(Br)C(=O)NC1CCOC1C. The predicted molar refractivity (Wildman–Crippen MR) is 55.0 cm³/mol. The van der Waals surface area contributed by atoms with E-state index in [1.807, 2.05) is 13.8 Å². The first-order chi connectivity index (χ1) is 6.15. The van der Waals surface area contributed by atoms with E-state index in [0.717, 1.165) is 19.4 Å². The van der Waals surface area contributed by atoms with Gasteiger partial charge in [-0.1, -0.05) is 22.9 Å². The molecule has 3 atom stereocenters. The summed E-state index contributed by atoms with van der Waals surface area (Å²) in [5.74, 6) is 0.0739. The largest absolute Gasteiger partial charge is 0.376 e. The number of amides is 1. The van der Waals surface area contributed by atoms with Crippen LogP contribution in [-0.4, -0.2) is 29.5 Å². The Hall–Kier alpha value is -0.0900. The lowest BCUT2D eigenvalue weighted by molar-refractivity contribution is -0.121. The molecular formula is C9H16BrNO2. The molecule has 0 saturated carbocycles. The molecule has 1 fully saturated rings. The van der Waals surface area contributed by atoms with Crippen molar-refractivity contribution in [3.8, 4) is 0 Å². The van der Waals surface area contributed by atoms with Gasteiger partial charge in [-0.25, -0.2) is 0 Å². The first-order valence-electron chi connectivity index (χ1n) is 4.71. The maximum atomic E-state index is 11.5. The van der Waals surface area contributed by atoms with E-state index in [9.17, 15) is 4.79 Å². The van der Waals surface area contributed by atoms with E-state index in [2.05, 4.69) is 21.2 Å². The molecule has 1 heterocycles. The Kier molecular flexibility index (Phi) is 4.19. The van der Waals surface area contributed by atoms with Gasteiger partial charge in [-0.3, -0.25) is 4.79 Å². The van der Waals surface area contributed by atoms with Crippen molar-refractivity contribution in [1.29, 1.82) is 0 Å². The number of hydrogen-bond donors (Lipinski definition) is 1. The van der Waals surface area contributed by atoms with Gasteiger partial charge in [-0.05, 0) is 19.8 Å². The highest BCUT2D eigenvalue weighted by Gasteiger charge is 2.27. The zero-order chi connectivity index (χ0) is 9.84. The summed E-state index contributed by atoms with van der Waals surface area (Å²) >= 11 is 3.32. The van der Waals surface area contributed by atoms with Crippen molar-refractivity contribution in [2.45, 2.75) is 43.7 Å². The van der Waals surface area contributed by atoms with Gasteiger partial charge < -0.3 is 10.1 Å². The summed E-state index contributed by atoms with van der Waals surface area (Å²) in [5, 5.41) is 2.97. The molecule has 0 aromatic heterocycles. The Morgan fingerprint density at radius 1 is 1.77 bits per heavy atom. The molecule has 0 bridgehead atoms. The van der Waals surface area contributed by atoms with E-state index >= 15 is 0 Å². The number of alkyl halides is 1. The molecular weight excluding hydrogens is 234 g/mol. The Balaban J connectivity index is 2.35. The number of halogens is 1. The Morgan fingerprint density at radius 3 is 2.92 bits per heavy atom. The Bertz CT molecular complexity index is 186.